The second-order valence-corrected chi connectivity index (χ2v) is 9.69. The number of hydrogen-bond donors (Lipinski definition) is 1. The number of anilines is 2. The molecule has 1 amide bonds. The maximum absolute atomic E-state index is 14.0. The fraction of sp³-hybridized carbons (Fsp3) is 0.267. The van der Waals surface area contributed by atoms with E-state index in [1.807, 2.05) is 73.7 Å². The molecule has 2 atom stereocenters. The van der Waals surface area contributed by atoms with E-state index in [2.05, 4.69) is 5.32 Å². The number of ketones is 1. The summed E-state index contributed by atoms with van der Waals surface area (Å²) in [5.41, 5.74) is 4.74. The number of halogens is 1. The van der Waals surface area contributed by atoms with Crippen molar-refractivity contribution in [3.05, 3.63) is 94.1 Å². The predicted octanol–water partition coefficient (Wildman–Crippen LogP) is 6.67. The van der Waals surface area contributed by atoms with Gasteiger partial charge in [-0.1, -0.05) is 48.9 Å². The van der Waals surface area contributed by atoms with Crippen LogP contribution in [0.1, 0.15) is 49.3 Å². The zero-order valence-corrected chi connectivity index (χ0v) is 21.8. The Bertz CT molecular complexity index is 1400. The Hall–Kier alpha value is -3.77. The summed E-state index contributed by atoms with van der Waals surface area (Å²) in [6.07, 6.45) is 1.24. The summed E-state index contributed by atoms with van der Waals surface area (Å²) in [6, 6.07) is 20.3. The second kappa shape index (κ2) is 10.3. The SMILES string of the molecule is CCC(=O)N1c2ccccc2NC2=C(C(=O)C[C@@H](c3cccc(Cl)c3)C2)[C@@H]1c1ccc(OC)c(OC)c1. The number of hydrogen-bond acceptors (Lipinski definition) is 5. The molecule has 3 aromatic carbocycles. The van der Waals surface area contributed by atoms with Gasteiger partial charge in [-0.05, 0) is 59.9 Å². The quantitative estimate of drug-likeness (QED) is 0.410. The standard InChI is InChI=1S/C30H29ClN2O4/c1-4-28(35)33-24-11-6-5-10-22(24)32-23-15-20(18-8-7-9-21(31)14-18)16-25(34)29(23)30(33)19-12-13-26(36-2)27(17-19)37-3/h5-14,17,20,30,32H,4,15-16H2,1-3H3/t20-,30-/m0/s1. The molecule has 3 aromatic rings. The van der Waals surface area contributed by atoms with Crippen molar-refractivity contribution in [1.29, 1.82) is 0 Å². The molecule has 1 N–H and O–H groups in total. The monoisotopic (exact) mass is 516 g/mol. The van der Waals surface area contributed by atoms with Crippen molar-refractivity contribution in [2.75, 3.05) is 24.4 Å². The molecule has 0 saturated heterocycles. The van der Waals surface area contributed by atoms with E-state index in [-0.39, 0.29) is 17.6 Å². The fourth-order valence-corrected chi connectivity index (χ4v) is 5.57. The van der Waals surface area contributed by atoms with Crippen LogP contribution in [-0.2, 0) is 9.59 Å². The molecule has 1 heterocycles. The highest BCUT2D eigenvalue weighted by Gasteiger charge is 2.41. The van der Waals surface area contributed by atoms with Crippen molar-refractivity contribution in [3.8, 4) is 11.5 Å². The third-order valence-electron chi connectivity index (χ3n) is 7.10. The number of carbonyl (C=O) groups is 2. The lowest BCUT2D eigenvalue weighted by atomic mass is 9.78. The minimum Gasteiger partial charge on any atom is -0.493 e. The maximum atomic E-state index is 14.0. The summed E-state index contributed by atoms with van der Waals surface area (Å²) >= 11 is 6.28. The molecule has 1 aliphatic carbocycles. The Morgan fingerprint density at radius 1 is 0.973 bits per heavy atom. The summed E-state index contributed by atoms with van der Waals surface area (Å²) in [7, 11) is 3.16. The first-order valence-corrected chi connectivity index (χ1v) is 12.7. The van der Waals surface area contributed by atoms with Gasteiger partial charge in [-0.2, -0.15) is 0 Å². The van der Waals surface area contributed by atoms with Gasteiger partial charge >= 0.3 is 0 Å². The molecule has 0 unspecified atom stereocenters. The van der Waals surface area contributed by atoms with Crippen LogP contribution in [0.15, 0.2) is 78.0 Å². The van der Waals surface area contributed by atoms with Crippen molar-refractivity contribution in [2.24, 2.45) is 0 Å². The summed E-state index contributed by atoms with van der Waals surface area (Å²) in [5.74, 6) is 1.02. The Labute approximate surface area is 221 Å². The normalized spacial score (nSPS) is 18.9. The van der Waals surface area contributed by atoms with Crippen LogP contribution in [0.2, 0.25) is 5.02 Å². The van der Waals surface area contributed by atoms with Gasteiger partial charge in [-0.3, -0.25) is 14.5 Å². The highest BCUT2D eigenvalue weighted by Crippen LogP contribution is 2.48. The first-order valence-electron chi connectivity index (χ1n) is 12.4. The number of ether oxygens (including phenoxy) is 2. The number of nitrogens with zero attached hydrogens (tertiary/aromatic N) is 1. The van der Waals surface area contributed by atoms with E-state index in [4.69, 9.17) is 21.1 Å². The highest BCUT2D eigenvalue weighted by atomic mass is 35.5. The zero-order valence-electron chi connectivity index (χ0n) is 21.1. The van der Waals surface area contributed by atoms with Gasteiger partial charge in [0, 0.05) is 29.1 Å². The molecular formula is C30H29ClN2O4. The van der Waals surface area contributed by atoms with Crippen molar-refractivity contribution in [3.63, 3.8) is 0 Å². The average Bonchev–Trinajstić information content (AvgIpc) is 3.06. The van der Waals surface area contributed by atoms with Crippen molar-refractivity contribution in [2.45, 2.75) is 38.1 Å². The number of carbonyl (C=O) groups excluding carboxylic acids is 2. The molecule has 0 radical (unpaired) electrons. The molecule has 2 aliphatic rings. The van der Waals surface area contributed by atoms with Crippen molar-refractivity contribution < 1.29 is 19.1 Å². The molecule has 37 heavy (non-hydrogen) atoms. The smallest absolute Gasteiger partial charge is 0.227 e. The van der Waals surface area contributed by atoms with E-state index in [1.165, 1.54) is 0 Å². The van der Waals surface area contributed by atoms with Crippen molar-refractivity contribution in [1.82, 2.24) is 0 Å². The van der Waals surface area contributed by atoms with Gasteiger partial charge in [0.25, 0.3) is 0 Å². The molecule has 7 heteroatoms. The molecule has 1 aliphatic heterocycles. The number of Topliss-reactive ketones (excluding diaryl/α,β-unsaturated/α-hetero) is 1. The van der Waals surface area contributed by atoms with Crippen LogP contribution < -0.4 is 19.7 Å². The molecule has 0 bridgehead atoms. The van der Waals surface area contributed by atoms with Crippen LogP contribution in [0.3, 0.4) is 0 Å². The topological polar surface area (TPSA) is 67.9 Å². The molecule has 5 rings (SSSR count). The summed E-state index contributed by atoms with van der Waals surface area (Å²) in [5, 5.41) is 4.19. The lowest BCUT2D eigenvalue weighted by Gasteiger charge is -2.35. The molecule has 0 spiro atoms. The Morgan fingerprint density at radius 2 is 1.76 bits per heavy atom. The van der Waals surface area contributed by atoms with Gasteiger partial charge in [0.05, 0.1) is 31.6 Å². The van der Waals surface area contributed by atoms with E-state index in [0.29, 0.717) is 41.4 Å². The van der Waals surface area contributed by atoms with Crippen LogP contribution in [0.25, 0.3) is 0 Å². The average molecular weight is 517 g/mol. The first kappa shape index (κ1) is 24.9. The number of allylic oxidation sites excluding steroid dienone is 1. The Morgan fingerprint density at radius 3 is 2.49 bits per heavy atom. The van der Waals surface area contributed by atoms with E-state index in [1.54, 1.807) is 19.1 Å². The van der Waals surface area contributed by atoms with Gasteiger partial charge in [-0.25, -0.2) is 0 Å². The van der Waals surface area contributed by atoms with Crippen molar-refractivity contribution >= 4 is 34.7 Å². The number of methoxy groups -OCH3 is 2. The maximum Gasteiger partial charge on any atom is 0.227 e. The first-order chi connectivity index (χ1) is 17.9. The van der Waals surface area contributed by atoms with E-state index < -0.39 is 6.04 Å². The number of rotatable bonds is 5. The summed E-state index contributed by atoms with van der Waals surface area (Å²) in [4.78, 5) is 29.3. The minimum absolute atomic E-state index is 0.000203. The molecular weight excluding hydrogens is 488 g/mol. The largest absolute Gasteiger partial charge is 0.493 e. The number of amides is 1. The van der Waals surface area contributed by atoms with Crippen LogP contribution >= 0.6 is 11.6 Å². The van der Waals surface area contributed by atoms with Gasteiger partial charge in [0.2, 0.25) is 5.91 Å². The second-order valence-electron chi connectivity index (χ2n) is 9.25. The van der Waals surface area contributed by atoms with Crippen LogP contribution in [0, 0.1) is 0 Å². The van der Waals surface area contributed by atoms with Crippen LogP contribution in [0.4, 0.5) is 11.4 Å². The molecule has 0 aromatic heterocycles. The number of fused-ring (bicyclic) bond motifs is 1. The van der Waals surface area contributed by atoms with Gasteiger partial charge in [0.15, 0.2) is 17.3 Å². The Balaban J connectivity index is 1.72. The third kappa shape index (κ3) is 4.58. The van der Waals surface area contributed by atoms with E-state index in [9.17, 15) is 9.59 Å². The fourth-order valence-electron chi connectivity index (χ4n) is 5.37. The predicted molar refractivity (Wildman–Crippen MR) is 146 cm³/mol. The lowest BCUT2D eigenvalue weighted by Crippen LogP contribution is -2.38. The number of nitrogens with one attached hydrogen (secondary N) is 1. The van der Waals surface area contributed by atoms with E-state index >= 15 is 0 Å². The third-order valence-corrected chi connectivity index (χ3v) is 7.34. The minimum atomic E-state index is -0.619. The van der Waals surface area contributed by atoms with Gasteiger partial charge < -0.3 is 14.8 Å². The van der Waals surface area contributed by atoms with Crippen LogP contribution in [0.5, 0.6) is 11.5 Å². The summed E-state index contributed by atoms with van der Waals surface area (Å²) < 4.78 is 11.0. The zero-order chi connectivity index (χ0) is 26.1. The number of benzene rings is 3. The number of para-hydroxylation sites is 2. The Kier molecular flexibility index (Phi) is 6.94. The van der Waals surface area contributed by atoms with Crippen LogP contribution in [-0.4, -0.2) is 25.9 Å². The lowest BCUT2D eigenvalue weighted by molar-refractivity contribution is -0.119. The molecule has 190 valence electrons. The molecule has 0 saturated carbocycles. The summed E-state index contributed by atoms with van der Waals surface area (Å²) in [6.45, 7) is 1.84. The van der Waals surface area contributed by atoms with E-state index in [0.717, 1.165) is 28.2 Å². The van der Waals surface area contributed by atoms with Gasteiger partial charge in [0.1, 0.15) is 0 Å². The molecule has 6 nitrogen and oxygen atoms in total. The molecule has 0 fully saturated rings. The highest BCUT2D eigenvalue weighted by molar-refractivity contribution is 6.30. The van der Waals surface area contributed by atoms with Gasteiger partial charge in [-0.15, -0.1) is 0 Å².